The predicted octanol–water partition coefficient (Wildman–Crippen LogP) is 3.27. The standard InChI is InChI=1S/C27H35N5O2/c1-3-32-24-13-8-7-12-23(24)29-25(27(32)34)31-18-14-22(15-19-31)26(33)28-16-9-17-30(2)20-21-10-5-4-6-11-21/h4-8,10-13,22H,3,9,14-20H2,1-2H3,(H,28,33). The summed E-state index contributed by atoms with van der Waals surface area (Å²) >= 11 is 0. The van der Waals surface area contributed by atoms with Crippen LogP contribution < -0.4 is 15.8 Å². The topological polar surface area (TPSA) is 70.5 Å². The minimum Gasteiger partial charge on any atom is -0.356 e. The van der Waals surface area contributed by atoms with Gasteiger partial charge in [0.2, 0.25) is 5.91 Å². The number of aromatic nitrogens is 2. The van der Waals surface area contributed by atoms with Gasteiger partial charge < -0.3 is 19.7 Å². The number of fused-ring (bicyclic) bond motifs is 1. The average molecular weight is 462 g/mol. The fourth-order valence-corrected chi connectivity index (χ4v) is 4.73. The molecule has 7 heteroatoms. The Labute approximate surface area is 201 Å². The summed E-state index contributed by atoms with van der Waals surface area (Å²) in [7, 11) is 2.11. The minimum absolute atomic E-state index is 0.00726. The average Bonchev–Trinajstić information content (AvgIpc) is 2.87. The Hall–Kier alpha value is -3.19. The van der Waals surface area contributed by atoms with Gasteiger partial charge in [-0.05, 0) is 57.5 Å². The zero-order chi connectivity index (χ0) is 23.9. The summed E-state index contributed by atoms with van der Waals surface area (Å²) in [6.45, 7) is 6.46. The predicted molar refractivity (Wildman–Crippen MR) is 137 cm³/mol. The maximum absolute atomic E-state index is 13.0. The summed E-state index contributed by atoms with van der Waals surface area (Å²) < 4.78 is 1.78. The van der Waals surface area contributed by atoms with Crippen LogP contribution >= 0.6 is 0 Å². The van der Waals surface area contributed by atoms with E-state index in [0.717, 1.165) is 43.4 Å². The van der Waals surface area contributed by atoms with E-state index in [1.165, 1.54) is 5.56 Å². The summed E-state index contributed by atoms with van der Waals surface area (Å²) in [5.41, 5.74) is 2.94. The van der Waals surface area contributed by atoms with Crippen molar-refractivity contribution in [3.8, 4) is 0 Å². The Bertz CT molecular complexity index is 1150. The number of hydrogen-bond donors (Lipinski definition) is 1. The normalized spacial score (nSPS) is 14.6. The van der Waals surface area contributed by atoms with Crippen LogP contribution in [0.15, 0.2) is 59.4 Å². The molecule has 1 N–H and O–H groups in total. The number of hydrogen-bond acceptors (Lipinski definition) is 5. The quantitative estimate of drug-likeness (QED) is 0.495. The molecular formula is C27H35N5O2. The van der Waals surface area contributed by atoms with Crippen molar-refractivity contribution in [3.63, 3.8) is 0 Å². The van der Waals surface area contributed by atoms with Gasteiger partial charge in [-0.25, -0.2) is 4.98 Å². The number of anilines is 1. The van der Waals surface area contributed by atoms with E-state index in [1.54, 1.807) is 4.57 Å². The Morgan fingerprint density at radius 2 is 1.79 bits per heavy atom. The van der Waals surface area contributed by atoms with Gasteiger partial charge >= 0.3 is 0 Å². The van der Waals surface area contributed by atoms with Gasteiger partial charge in [-0.15, -0.1) is 0 Å². The van der Waals surface area contributed by atoms with Gasteiger partial charge in [-0.3, -0.25) is 9.59 Å². The lowest BCUT2D eigenvalue weighted by atomic mass is 9.96. The molecule has 1 aromatic heterocycles. The zero-order valence-corrected chi connectivity index (χ0v) is 20.2. The van der Waals surface area contributed by atoms with Gasteiger partial charge in [0.15, 0.2) is 5.82 Å². The largest absolute Gasteiger partial charge is 0.356 e. The molecule has 1 aliphatic rings. The summed E-state index contributed by atoms with van der Waals surface area (Å²) in [6.07, 6.45) is 2.39. The third-order valence-electron chi connectivity index (χ3n) is 6.63. The highest BCUT2D eigenvalue weighted by Gasteiger charge is 2.27. The van der Waals surface area contributed by atoms with Crippen molar-refractivity contribution in [2.45, 2.75) is 39.3 Å². The molecule has 0 atom stereocenters. The van der Waals surface area contributed by atoms with E-state index < -0.39 is 0 Å². The maximum atomic E-state index is 13.0. The van der Waals surface area contributed by atoms with Crippen molar-refractivity contribution in [3.05, 3.63) is 70.5 Å². The number of rotatable bonds is 9. The van der Waals surface area contributed by atoms with Gasteiger partial charge in [-0.1, -0.05) is 42.5 Å². The third-order valence-corrected chi connectivity index (χ3v) is 6.63. The lowest BCUT2D eigenvalue weighted by Crippen LogP contribution is -2.43. The number of nitrogens with zero attached hydrogens (tertiary/aromatic N) is 4. The molecule has 1 fully saturated rings. The van der Waals surface area contributed by atoms with Gasteiger partial charge in [0, 0.05) is 38.6 Å². The van der Waals surface area contributed by atoms with Crippen LogP contribution in [0, 0.1) is 5.92 Å². The van der Waals surface area contributed by atoms with Crippen molar-refractivity contribution < 1.29 is 4.79 Å². The van der Waals surface area contributed by atoms with Crippen LogP contribution in [0.4, 0.5) is 5.82 Å². The zero-order valence-electron chi connectivity index (χ0n) is 20.2. The molecule has 34 heavy (non-hydrogen) atoms. The number of amides is 1. The van der Waals surface area contributed by atoms with Crippen LogP contribution in [0.1, 0.15) is 31.7 Å². The first-order valence-corrected chi connectivity index (χ1v) is 12.3. The van der Waals surface area contributed by atoms with Crippen LogP contribution in [0.2, 0.25) is 0 Å². The second-order valence-electron chi connectivity index (χ2n) is 9.10. The lowest BCUT2D eigenvalue weighted by Gasteiger charge is -2.32. The van der Waals surface area contributed by atoms with Crippen molar-refractivity contribution in [1.82, 2.24) is 19.8 Å². The fourth-order valence-electron chi connectivity index (χ4n) is 4.73. The highest BCUT2D eigenvalue weighted by atomic mass is 16.2. The fraction of sp³-hybridized carbons (Fsp3) is 0.444. The monoisotopic (exact) mass is 461 g/mol. The Morgan fingerprint density at radius 3 is 2.53 bits per heavy atom. The number of benzene rings is 2. The van der Waals surface area contributed by atoms with Crippen LogP contribution in [0.5, 0.6) is 0 Å². The van der Waals surface area contributed by atoms with E-state index in [2.05, 4.69) is 46.5 Å². The number of para-hydroxylation sites is 2. The third kappa shape index (κ3) is 5.65. The number of nitrogens with one attached hydrogen (secondary N) is 1. The number of carbonyl (C=O) groups is 1. The summed E-state index contributed by atoms with van der Waals surface area (Å²) in [4.78, 5) is 34.7. The van der Waals surface area contributed by atoms with E-state index in [0.29, 0.717) is 32.0 Å². The second kappa shape index (κ2) is 11.3. The lowest BCUT2D eigenvalue weighted by molar-refractivity contribution is -0.125. The Morgan fingerprint density at radius 1 is 1.09 bits per heavy atom. The van der Waals surface area contributed by atoms with Crippen molar-refractivity contribution in [1.29, 1.82) is 0 Å². The molecule has 0 spiro atoms. The van der Waals surface area contributed by atoms with E-state index in [9.17, 15) is 9.59 Å². The van der Waals surface area contributed by atoms with E-state index in [1.807, 2.05) is 42.2 Å². The van der Waals surface area contributed by atoms with Crippen LogP contribution in [-0.4, -0.2) is 53.6 Å². The molecule has 1 amide bonds. The number of carbonyl (C=O) groups excluding carboxylic acids is 1. The summed E-state index contributed by atoms with van der Waals surface area (Å²) in [6, 6.07) is 18.2. The highest BCUT2D eigenvalue weighted by molar-refractivity contribution is 5.79. The molecule has 0 radical (unpaired) electrons. The molecule has 1 aliphatic heterocycles. The first-order valence-electron chi connectivity index (χ1n) is 12.3. The second-order valence-corrected chi connectivity index (χ2v) is 9.10. The van der Waals surface area contributed by atoms with Crippen LogP contribution in [0.3, 0.4) is 0 Å². The van der Waals surface area contributed by atoms with E-state index in [4.69, 9.17) is 0 Å². The SMILES string of the molecule is CCn1c(=O)c(N2CCC(C(=O)NCCCN(C)Cc3ccccc3)CC2)nc2ccccc21. The minimum atomic E-state index is -0.0521. The molecule has 3 aromatic rings. The van der Waals surface area contributed by atoms with Gasteiger partial charge in [0.05, 0.1) is 11.0 Å². The first kappa shape index (κ1) is 24.0. The number of aryl methyl sites for hydroxylation is 1. The van der Waals surface area contributed by atoms with Crippen molar-refractivity contribution in [2.75, 3.05) is 38.1 Å². The van der Waals surface area contributed by atoms with Crippen LogP contribution in [-0.2, 0) is 17.9 Å². The molecule has 7 nitrogen and oxygen atoms in total. The molecule has 0 saturated carbocycles. The highest BCUT2D eigenvalue weighted by Crippen LogP contribution is 2.22. The molecule has 0 aliphatic carbocycles. The molecule has 1 saturated heterocycles. The Kier molecular flexibility index (Phi) is 7.95. The molecule has 180 valence electrons. The maximum Gasteiger partial charge on any atom is 0.293 e. The molecule has 4 rings (SSSR count). The first-order chi connectivity index (χ1) is 16.6. The van der Waals surface area contributed by atoms with E-state index in [-0.39, 0.29) is 17.4 Å². The van der Waals surface area contributed by atoms with Crippen LogP contribution in [0.25, 0.3) is 11.0 Å². The molecule has 2 heterocycles. The van der Waals surface area contributed by atoms with E-state index >= 15 is 0 Å². The van der Waals surface area contributed by atoms with Crippen molar-refractivity contribution >= 4 is 22.8 Å². The number of piperidine rings is 1. The molecule has 0 unspecified atom stereocenters. The van der Waals surface area contributed by atoms with Gasteiger partial charge in [0.1, 0.15) is 0 Å². The molecule has 2 aromatic carbocycles. The van der Waals surface area contributed by atoms with Gasteiger partial charge in [0.25, 0.3) is 5.56 Å². The summed E-state index contributed by atoms with van der Waals surface area (Å²) in [5, 5.41) is 3.11. The van der Waals surface area contributed by atoms with Gasteiger partial charge in [-0.2, -0.15) is 0 Å². The Balaban J connectivity index is 1.25. The smallest absolute Gasteiger partial charge is 0.293 e. The molecular weight excluding hydrogens is 426 g/mol. The molecule has 0 bridgehead atoms. The van der Waals surface area contributed by atoms with Crippen molar-refractivity contribution in [2.24, 2.45) is 5.92 Å². The summed E-state index contributed by atoms with van der Waals surface area (Å²) in [5.74, 6) is 0.621.